The quantitative estimate of drug-likeness (QED) is 0.564. The monoisotopic (exact) mass is 245 g/mol. The Morgan fingerprint density at radius 2 is 2.22 bits per heavy atom. The van der Waals surface area contributed by atoms with Crippen LogP contribution in [0.1, 0.15) is 25.0 Å². The van der Waals surface area contributed by atoms with Crippen molar-refractivity contribution in [1.29, 1.82) is 5.41 Å². The standard InChI is InChI=1S/C14H19N3O/c1-14(2)6-9-4-12(16)11(5-13(9)18-14)10(7-15)8-17-3/h4-5,7-8,15,17H,6,16H2,1-3H3/b10-8+,15-7?. The zero-order valence-electron chi connectivity index (χ0n) is 11.0. The summed E-state index contributed by atoms with van der Waals surface area (Å²) in [6.45, 7) is 4.12. The average molecular weight is 245 g/mol. The zero-order chi connectivity index (χ0) is 13.3. The van der Waals surface area contributed by atoms with E-state index in [1.807, 2.05) is 12.1 Å². The van der Waals surface area contributed by atoms with Crippen LogP contribution in [0, 0.1) is 5.41 Å². The molecule has 0 unspecified atom stereocenters. The minimum Gasteiger partial charge on any atom is -0.487 e. The van der Waals surface area contributed by atoms with E-state index in [-0.39, 0.29) is 5.60 Å². The van der Waals surface area contributed by atoms with E-state index in [0.29, 0.717) is 5.69 Å². The van der Waals surface area contributed by atoms with Gasteiger partial charge in [-0.15, -0.1) is 0 Å². The third-order valence-corrected chi connectivity index (χ3v) is 3.00. The number of benzene rings is 1. The molecule has 0 bridgehead atoms. The number of nitrogens with one attached hydrogen (secondary N) is 2. The second kappa shape index (κ2) is 4.37. The molecule has 18 heavy (non-hydrogen) atoms. The van der Waals surface area contributed by atoms with Gasteiger partial charge in [0.25, 0.3) is 0 Å². The van der Waals surface area contributed by atoms with Crippen molar-refractivity contribution in [2.75, 3.05) is 12.8 Å². The molecule has 1 aliphatic rings. The van der Waals surface area contributed by atoms with Crippen molar-refractivity contribution in [3.63, 3.8) is 0 Å². The van der Waals surface area contributed by atoms with Gasteiger partial charge in [-0.1, -0.05) is 0 Å². The Balaban J connectivity index is 2.48. The van der Waals surface area contributed by atoms with Gasteiger partial charge in [0, 0.05) is 48.3 Å². The average Bonchev–Trinajstić information content (AvgIpc) is 2.58. The third kappa shape index (κ3) is 2.18. The van der Waals surface area contributed by atoms with E-state index >= 15 is 0 Å². The van der Waals surface area contributed by atoms with Crippen LogP contribution in [-0.2, 0) is 6.42 Å². The van der Waals surface area contributed by atoms with Crippen molar-refractivity contribution < 1.29 is 4.74 Å². The fraction of sp³-hybridized carbons (Fsp3) is 0.357. The van der Waals surface area contributed by atoms with E-state index in [2.05, 4.69) is 19.2 Å². The maximum absolute atomic E-state index is 7.44. The van der Waals surface area contributed by atoms with Gasteiger partial charge in [0.05, 0.1) is 0 Å². The Kier molecular flexibility index (Phi) is 3.03. The lowest BCUT2D eigenvalue weighted by Gasteiger charge is -2.17. The van der Waals surface area contributed by atoms with Gasteiger partial charge in [-0.05, 0) is 26.0 Å². The first-order valence-corrected chi connectivity index (χ1v) is 5.96. The number of hydrogen-bond donors (Lipinski definition) is 3. The zero-order valence-corrected chi connectivity index (χ0v) is 11.0. The van der Waals surface area contributed by atoms with Crippen LogP contribution in [0.5, 0.6) is 5.75 Å². The van der Waals surface area contributed by atoms with E-state index in [1.165, 1.54) is 6.21 Å². The number of nitrogens with two attached hydrogens (primary N) is 1. The topological polar surface area (TPSA) is 71.1 Å². The van der Waals surface area contributed by atoms with Crippen molar-refractivity contribution in [3.8, 4) is 5.75 Å². The number of ether oxygens (including phenoxy) is 1. The van der Waals surface area contributed by atoms with Gasteiger partial charge in [-0.2, -0.15) is 0 Å². The number of allylic oxidation sites excluding steroid dienone is 1. The van der Waals surface area contributed by atoms with E-state index in [4.69, 9.17) is 15.9 Å². The van der Waals surface area contributed by atoms with Crippen molar-refractivity contribution in [3.05, 3.63) is 29.5 Å². The summed E-state index contributed by atoms with van der Waals surface area (Å²) >= 11 is 0. The van der Waals surface area contributed by atoms with Gasteiger partial charge in [0.2, 0.25) is 0 Å². The van der Waals surface area contributed by atoms with Crippen LogP contribution in [0.15, 0.2) is 18.3 Å². The Morgan fingerprint density at radius 3 is 2.83 bits per heavy atom. The van der Waals surface area contributed by atoms with Crippen LogP contribution in [0.3, 0.4) is 0 Å². The summed E-state index contributed by atoms with van der Waals surface area (Å²) in [5.74, 6) is 0.869. The second-order valence-electron chi connectivity index (χ2n) is 5.12. The predicted molar refractivity (Wildman–Crippen MR) is 75.1 cm³/mol. The minimum absolute atomic E-state index is 0.176. The maximum atomic E-state index is 7.44. The normalized spacial score (nSPS) is 16.9. The lowest BCUT2D eigenvalue weighted by atomic mass is 9.98. The van der Waals surface area contributed by atoms with E-state index < -0.39 is 0 Å². The van der Waals surface area contributed by atoms with E-state index in [9.17, 15) is 0 Å². The van der Waals surface area contributed by atoms with Crippen LogP contribution in [-0.4, -0.2) is 18.9 Å². The van der Waals surface area contributed by atoms with E-state index in [1.54, 1.807) is 13.2 Å². The molecule has 0 saturated heterocycles. The molecule has 0 fully saturated rings. The molecule has 4 nitrogen and oxygen atoms in total. The molecule has 0 aliphatic carbocycles. The highest BCUT2D eigenvalue weighted by Gasteiger charge is 2.30. The van der Waals surface area contributed by atoms with Crippen molar-refractivity contribution >= 4 is 17.5 Å². The summed E-state index contributed by atoms with van der Waals surface area (Å²) in [6, 6.07) is 3.88. The summed E-state index contributed by atoms with van der Waals surface area (Å²) in [4.78, 5) is 0. The van der Waals surface area contributed by atoms with Gasteiger partial charge in [0.15, 0.2) is 0 Å². The molecule has 1 heterocycles. The number of fused-ring (bicyclic) bond motifs is 1. The van der Waals surface area contributed by atoms with Gasteiger partial charge >= 0.3 is 0 Å². The molecule has 1 aliphatic heterocycles. The van der Waals surface area contributed by atoms with Crippen molar-refractivity contribution in [2.24, 2.45) is 0 Å². The third-order valence-electron chi connectivity index (χ3n) is 3.00. The fourth-order valence-electron chi connectivity index (χ4n) is 2.27. The molecule has 96 valence electrons. The van der Waals surface area contributed by atoms with Crippen molar-refractivity contribution in [1.82, 2.24) is 5.32 Å². The van der Waals surface area contributed by atoms with Gasteiger partial charge in [-0.25, -0.2) is 0 Å². The van der Waals surface area contributed by atoms with Crippen LogP contribution >= 0.6 is 0 Å². The van der Waals surface area contributed by atoms with Gasteiger partial charge < -0.3 is 21.2 Å². The SMILES string of the molecule is CN/C=C(\C=N)c1cc2c(cc1N)CC(C)(C)O2. The summed E-state index contributed by atoms with van der Waals surface area (Å²) in [6.07, 6.45) is 3.91. The highest BCUT2D eigenvalue weighted by Crippen LogP contribution is 2.38. The van der Waals surface area contributed by atoms with Gasteiger partial charge in [0.1, 0.15) is 11.4 Å². The molecule has 2 rings (SSSR count). The van der Waals surface area contributed by atoms with Crippen LogP contribution in [0.4, 0.5) is 5.69 Å². The number of nitrogen functional groups attached to an aromatic ring is 1. The summed E-state index contributed by atoms with van der Waals surface area (Å²) in [5, 5.41) is 10.4. The van der Waals surface area contributed by atoms with Gasteiger partial charge in [-0.3, -0.25) is 0 Å². The fourth-order valence-corrected chi connectivity index (χ4v) is 2.27. The Hall–Kier alpha value is -1.97. The first-order valence-electron chi connectivity index (χ1n) is 5.96. The molecule has 0 spiro atoms. The lowest BCUT2D eigenvalue weighted by molar-refractivity contribution is 0.138. The smallest absolute Gasteiger partial charge is 0.124 e. The highest BCUT2D eigenvalue weighted by molar-refractivity contribution is 6.10. The molecule has 0 saturated carbocycles. The van der Waals surface area contributed by atoms with Crippen LogP contribution < -0.4 is 15.8 Å². The molecular weight excluding hydrogens is 226 g/mol. The lowest BCUT2D eigenvalue weighted by Crippen LogP contribution is -2.24. The number of anilines is 1. The summed E-state index contributed by atoms with van der Waals surface area (Å²) in [5.41, 5.74) is 9.27. The Labute approximate surface area is 107 Å². The second-order valence-corrected chi connectivity index (χ2v) is 5.12. The molecule has 0 atom stereocenters. The Morgan fingerprint density at radius 1 is 1.50 bits per heavy atom. The molecule has 0 aromatic heterocycles. The molecule has 4 heteroatoms. The Bertz CT molecular complexity index is 518. The molecular formula is C14H19N3O. The molecule has 0 radical (unpaired) electrons. The summed E-state index contributed by atoms with van der Waals surface area (Å²) in [7, 11) is 1.80. The highest BCUT2D eigenvalue weighted by atomic mass is 16.5. The molecule has 4 N–H and O–H groups in total. The molecule has 1 aromatic rings. The molecule has 0 amide bonds. The largest absolute Gasteiger partial charge is 0.487 e. The van der Waals surface area contributed by atoms with Crippen molar-refractivity contribution in [2.45, 2.75) is 25.9 Å². The first-order chi connectivity index (χ1) is 8.46. The van der Waals surface area contributed by atoms with Crippen LogP contribution in [0.25, 0.3) is 5.57 Å². The predicted octanol–water partition coefficient (Wildman–Crippen LogP) is 2.19. The first kappa shape index (κ1) is 12.5. The molecule has 1 aromatic carbocycles. The summed E-state index contributed by atoms with van der Waals surface area (Å²) < 4.78 is 5.88. The number of rotatable bonds is 3. The van der Waals surface area contributed by atoms with Crippen LogP contribution in [0.2, 0.25) is 0 Å². The minimum atomic E-state index is -0.176. The van der Waals surface area contributed by atoms with E-state index in [0.717, 1.165) is 28.9 Å². The number of hydrogen-bond acceptors (Lipinski definition) is 4. The maximum Gasteiger partial charge on any atom is 0.124 e.